The maximum Gasteiger partial charge on any atom is 0.321 e. The van der Waals surface area contributed by atoms with Crippen LogP contribution in [0.2, 0.25) is 0 Å². The normalized spacial score (nSPS) is 20.8. The predicted octanol–water partition coefficient (Wildman–Crippen LogP) is 3.95. The molecule has 5 rings (SSSR count). The number of nitrogens with one attached hydrogen (secondary N) is 1. The van der Waals surface area contributed by atoms with Gasteiger partial charge >= 0.3 is 6.03 Å². The number of hydrogen-bond acceptors (Lipinski definition) is 5. The number of rotatable bonds is 2. The Morgan fingerprint density at radius 1 is 1.17 bits per heavy atom. The van der Waals surface area contributed by atoms with Gasteiger partial charge in [-0.3, -0.25) is 9.88 Å². The van der Waals surface area contributed by atoms with E-state index in [1.807, 2.05) is 6.07 Å². The Labute approximate surface area is 201 Å². The van der Waals surface area contributed by atoms with E-state index in [9.17, 15) is 23.2 Å². The van der Waals surface area contributed by atoms with Gasteiger partial charge in [-0.1, -0.05) is 0 Å². The van der Waals surface area contributed by atoms with Crippen molar-refractivity contribution in [1.29, 1.82) is 5.26 Å². The van der Waals surface area contributed by atoms with Crippen molar-refractivity contribution in [2.45, 2.75) is 19.0 Å². The number of carbonyl (C=O) groups is 1. The van der Waals surface area contributed by atoms with E-state index in [1.165, 1.54) is 0 Å². The molecule has 35 heavy (non-hydrogen) atoms. The van der Waals surface area contributed by atoms with Gasteiger partial charge in [0.05, 0.1) is 12.5 Å². The number of hydrogen-bond donors (Lipinski definition) is 1. The standard InChI is InChI=1S/C25H23F3N6O/c1-15-12-33(22-5-4-16(11-29)24-19(22)3-2-6-30-24)14-18-13-32(7-8-34(15)18)25(35)31-17-9-20(26)23(28)21(27)10-17/h2-6,9-10,15,18H,7-8,12-14H2,1H3,(H,31,35)/t15-,18+/m1/s1/i6D. The summed E-state index contributed by atoms with van der Waals surface area (Å²) in [5.41, 5.74) is 1.65. The number of piperazine rings is 2. The molecule has 0 bridgehead atoms. The second-order valence-corrected chi connectivity index (χ2v) is 8.86. The molecule has 7 nitrogen and oxygen atoms in total. The van der Waals surface area contributed by atoms with Crippen molar-refractivity contribution in [2.24, 2.45) is 0 Å². The molecule has 0 unspecified atom stereocenters. The van der Waals surface area contributed by atoms with Crippen LogP contribution < -0.4 is 10.2 Å². The van der Waals surface area contributed by atoms with E-state index in [2.05, 4.69) is 33.1 Å². The van der Waals surface area contributed by atoms with Crippen molar-refractivity contribution >= 4 is 28.3 Å². The summed E-state index contributed by atoms with van der Waals surface area (Å²) in [6, 6.07) is 10.3. The maximum absolute atomic E-state index is 13.6. The average Bonchev–Trinajstić information content (AvgIpc) is 2.86. The Hall–Kier alpha value is -3.84. The Kier molecular flexibility index (Phi) is 5.62. The highest BCUT2D eigenvalue weighted by atomic mass is 19.2. The number of anilines is 2. The summed E-state index contributed by atoms with van der Waals surface area (Å²) in [4.78, 5) is 23.2. The highest BCUT2D eigenvalue weighted by Crippen LogP contribution is 2.32. The number of pyridine rings is 1. The molecule has 2 amide bonds. The molecule has 10 heteroatoms. The molecule has 180 valence electrons. The zero-order chi connectivity index (χ0) is 25.6. The molecule has 1 aromatic heterocycles. The summed E-state index contributed by atoms with van der Waals surface area (Å²) in [6.45, 7) is 4.93. The first-order valence-corrected chi connectivity index (χ1v) is 11.3. The minimum Gasteiger partial charge on any atom is -0.368 e. The minimum atomic E-state index is -1.58. The van der Waals surface area contributed by atoms with E-state index in [0.717, 1.165) is 29.8 Å². The number of nitriles is 1. The van der Waals surface area contributed by atoms with Crippen LogP contribution in [0, 0.1) is 28.8 Å². The van der Waals surface area contributed by atoms with Crippen molar-refractivity contribution < 1.29 is 19.3 Å². The lowest BCUT2D eigenvalue weighted by Gasteiger charge is -2.51. The largest absolute Gasteiger partial charge is 0.368 e. The van der Waals surface area contributed by atoms with Crippen LogP contribution in [-0.2, 0) is 0 Å². The van der Waals surface area contributed by atoms with Crippen LogP contribution in [-0.4, -0.2) is 65.6 Å². The predicted molar refractivity (Wildman–Crippen MR) is 126 cm³/mol. The second kappa shape index (κ2) is 9.07. The van der Waals surface area contributed by atoms with Gasteiger partial charge in [-0.05, 0) is 31.2 Å². The van der Waals surface area contributed by atoms with Gasteiger partial charge in [0, 0.05) is 79.9 Å². The lowest BCUT2D eigenvalue weighted by atomic mass is 10.0. The molecule has 2 aliphatic rings. The fourth-order valence-electron chi connectivity index (χ4n) is 5.05. The summed E-state index contributed by atoms with van der Waals surface area (Å²) < 4.78 is 48.2. The molecular weight excluding hydrogens is 457 g/mol. The summed E-state index contributed by atoms with van der Waals surface area (Å²) in [6.07, 6.45) is 0.0872. The van der Waals surface area contributed by atoms with Crippen molar-refractivity contribution in [3.8, 4) is 6.07 Å². The number of aromatic nitrogens is 1. The smallest absolute Gasteiger partial charge is 0.321 e. The molecule has 0 aliphatic carbocycles. The number of halogens is 3. The number of fused-ring (bicyclic) bond motifs is 2. The monoisotopic (exact) mass is 481 g/mol. The van der Waals surface area contributed by atoms with Gasteiger partial charge in [0.25, 0.3) is 0 Å². The zero-order valence-corrected chi connectivity index (χ0v) is 18.9. The van der Waals surface area contributed by atoms with Crippen molar-refractivity contribution in [2.75, 3.05) is 42.9 Å². The Morgan fingerprint density at radius 3 is 2.69 bits per heavy atom. The van der Waals surface area contributed by atoms with E-state index in [4.69, 9.17) is 1.37 Å². The lowest BCUT2D eigenvalue weighted by molar-refractivity contribution is 0.0520. The van der Waals surface area contributed by atoms with Gasteiger partial charge in [0.15, 0.2) is 17.5 Å². The van der Waals surface area contributed by atoms with Gasteiger partial charge in [-0.2, -0.15) is 5.26 Å². The van der Waals surface area contributed by atoms with Crippen LogP contribution in [0.25, 0.3) is 10.9 Å². The van der Waals surface area contributed by atoms with Crippen LogP contribution >= 0.6 is 0 Å². The SMILES string of the molecule is [2H]c1ccc2c(N3C[C@@H]4CN(C(=O)Nc5cc(F)c(F)c(F)c5)CCN4[C@H](C)C3)ccc(C#N)c2n1. The minimum absolute atomic E-state index is 0.0101. The lowest BCUT2D eigenvalue weighted by Crippen LogP contribution is -2.66. The van der Waals surface area contributed by atoms with E-state index in [-0.39, 0.29) is 23.9 Å². The van der Waals surface area contributed by atoms with Crippen LogP contribution in [0.4, 0.5) is 29.3 Å². The Balaban J connectivity index is 1.36. The number of urea groups is 1. The summed E-state index contributed by atoms with van der Waals surface area (Å²) >= 11 is 0. The molecule has 2 saturated heterocycles. The Bertz CT molecular complexity index is 1370. The van der Waals surface area contributed by atoms with E-state index >= 15 is 0 Å². The molecule has 0 saturated carbocycles. The van der Waals surface area contributed by atoms with Gasteiger partial charge in [0.2, 0.25) is 0 Å². The topological polar surface area (TPSA) is 75.5 Å². The summed E-state index contributed by atoms with van der Waals surface area (Å²) in [7, 11) is 0. The van der Waals surface area contributed by atoms with Crippen molar-refractivity contribution in [3.05, 3.63) is 65.6 Å². The number of amides is 2. The van der Waals surface area contributed by atoms with Gasteiger partial charge in [-0.25, -0.2) is 18.0 Å². The van der Waals surface area contributed by atoms with Crippen LogP contribution in [0.3, 0.4) is 0 Å². The highest BCUT2D eigenvalue weighted by molar-refractivity contribution is 5.95. The van der Waals surface area contributed by atoms with E-state index < -0.39 is 23.5 Å². The maximum atomic E-state index is 13.6. The van der Waals surface area contributed by atoms with Crippen LogP contribution in [0.15, 0.2) is 42.6 Å². The average molecular weight is 482 g/mol. The molecule has 0 radical (unpaired) electrons. The van der Waals surface area contributed by atoms with Crippen LogP contribution in [0.5, 0.6) is 0 Å². The Morgan fingerprint density at radius 2 is 1.94 bits per heavy atom. The number of nitrogens with zero attached hydrogens (tertiary/aromatic N) is 5. The zero-order valence-electron chi connectivity index (χ0n) is 19.9. The molecule has 2 aromatic carbocycles. The van der Waals surface area contributed by atoms with Crippen LogP contribution in [0.1, 0.15) is 13.9 Å². The third-order valence-electron chi connectivity index (χ3n) is 6.69. The van der Waals surface area contributed by atoms with E-state index in [0.29, 0.717) is 37.3 Å². The molecular formula is C25H23F3N6O. The van der Waals surface area contributed by atoms with Crippen molar-refractivity contribution in [3.63, 3.8) is 0 Å². The molecule has 2 fully saturated rings. The fraction of sp³-hybridized carbons (Fsp3) is 0.320. The quantitative estimate of drug-likeness (QED) is 0.561. The summed E-state index contributed by atoms with van der Waals surface area (Å²) in [5.74, 6) is -4.32. The molecule has 2 aliphatic heterocycles. The first kappa shape index (κ1) is 21.7. The highest BCUT2D eigenvalue weighted by Gasteiger charge is 2.38. The molecule has 2 atom stereocenters. The molecule has 3 heterocycles. The van der Waals surface area contributed by atoms with Gasteiger partial charge in [-0.15, -0.1) is 0 Å². The van der Waals surface area contributed by atoms with E-state index in [1.54, 1.807) is 23.1 Å². The van der Waals surface area contributed by atoms with Crippen molar-refractivity contribution in [1.82, 2.24) is 14.8 Å². The fourth-order valence-corrected chi connectivity index (χ4v) is 5.05. The summed E-state index contributed by atoms with van der Waals surface area (Å²) in [5, 5.41) is 12.7. The van der Waals surface area contributed by atoms with Gasteiger partial charge in [0.1, 0.15) is 6.07 Å². The molecule has 3 aromatic rings. The first-order chi connectivity index (χ1) is 17.2. The third kappa shape index (κ3) is 4.23. The van der Waals surface area contributed by atoms with Gasteiger partial charge < -0.3 is 15.1 Å². The molecule has 0 spiro atoms. The second-order valence-electron chi connectivity index (χ2n) is 8.86. The molecule has 1 N–H and O–H groups in total. The number of benzene rings is 2. The third-order valence-corrected chi connectivity index (χ3v) is 6.69. The first-order valence-electron chi connectivity index (χ1n) is 11.8. The number of carbonyl (C=O) groups excluding carboxylic acids is 1.